The molecule has 0 spiro atoms. The van der Waals surface area contributed by atoms with Crippen LogP contribution in [0.2, 0.25) is 0 Å². The first kappa shape index (κ1) is 86.4. The van der Waals surface area contributed by atoms with Gasteiger partial charge in [-0.05, 0) is 146 Å². The zero-order valence-electron chi connectivity index (χ0n) is 63.8. The Morgan fingerprint density at radius 3 is 1.00 bits per heavy atom. The summed E-state index contributed by atoms with van der Waals surface area (Å²) in [5, 5.41) is 36.7. The molecule has 14 heteroatoms. The van der Waals surface area contributed by atoms with Crippen molar-refractivity contribution in [1.82, 2.24) is 5.32 Å². The number of hydrogen-bond donors (Lipinski definition) is 4. The van der Waals surface area contributed by atoms with E-state index in [9.17, 15) is 24.9 Å². The molecule has 534 valence electrons. The molecule has 0 fully saturated rings. The van der Waals surface area contributed by atoms with Gasteiger partial charge in [-0.2, -0.15) is 0 Å². The molecule has 0 aromatic heterocycles. The smallest absolute Gasteiger partial charge is 0.323 e. The van der Waals surface area contributed by atoms with Crippen molar-refractivity contribution in [1.29, 1.82) is 0 Å². The molecule has 4 aromatic carbocycles. The molecule has 0 aliphatic carbocycles. The number of phenolic OH excluding ortho intramolecular Hbond substituents is 2. The van der Waals surface area contributed by atoms with E-state index in [-0.39, 0.29) is 104 Å². The largest absolute Gasteiger partial charge is 0.507 e. The highest BCUT2D eigenvalue weighted by Gasteiger charge is 2.36. The third kappa shape index (κ3) is 26.5. The van der Waals surface area contributed by atoms with E-state index < -0.39 is 18.1 Å². The maximum atomic E-state index is 12.6. The maximum absolute atomic E-state index is 12.6. The summed E-state index contributed by atoms with van der Waals surface area (Å²) in [5.74, 6) is 1.80. The molecule has 1 unspecified atom stereocenters. The molecule has 0 radical (unpaired) electrons. The normalized spacial score (nSPS) is 13.7. The van der Waals surface area contributed by atoms with Crippen LogP contribution in [0.3, 0.4) is 0 Å². The number of phenols is 2. The minimum Gasteiger partial charge on any atom is -0.507 e. The van der Waals surface area contributed by atoms with Gasteiger partial charge in [0.1, 0.15) is 41.8 Å². The molecular weight excluding hydrogens is 1250 g/mol. The van der Waals surface area contributed by atoms with E-state index in [4.69, 9.17) is 18.9 Å². The molecule has 0 amide bonds. The van der Waals surface area contributed by atoms with Crippen molar-refractivity contribution in [2.45, 2.75) is 337 Å². The first-order chi connectivity index (χ1) is 42.1. The van der Waals surface area contributed by atoms with Gasteiger partial charge in [-0.3, -0.25) is 9.59 Å². The lowest BCUT2D eigenvalue weighted by atomic mass is 9.79. The Labute approximate surface area is 590 Å². The van der Waals surface area contributed by atoms with Crippen LogP contribution >= 0.6 is 47.0 Å². The molecule has 0 bridgehead atoms. The molecule has 4 aromatic rings. The van der Waals surface area contributed by atoms with E-state index in [0.29, 0.717) is 11.5 Å². The van der Waals surface area contributed by atoms with E-state index in [2.05, 4.69) is 255 Å². The van der Waals surface area contributed by atoms with Crippen LogP contribution < -0.4 is 14.8 Å². The highest BCUT2D eigenvalue weighted by Crippen LogP contribution is 2.54. The zero-order chi connectivity index (χ0) is 71.6. The minimum atomic E-state index is -0.930. The number of aromatic hydroxyl groups is 2. The summed E-state index contributed by atoms with van der Waals surface area (Å²) in [7, 11) is 0. The molecule has 0 saturated carbocycles. The van der Waals surface area contributed by atoms with Crippen LogP contribution in [0.4, 0.5) is 0 Å². The first-order valence-electron chi connectivity index (χ1n) is 34.0. The second-order valence-electron chi connectivity index (χ2n) is 34.2. The zero-order valence-corrected chi connectivity index (χ0v) is 67.0. The Bertz CT molecular complexity index is 2970. The van der Waals surface area contributed by atoms with Crippen molar-refractivity contribution in [2.75, 3.05) is 33.0 Å². The summed E-state index contributed by atoms with van der Waals surface area (Å²) in [6.45, 7) is 68.8. The Hall–Kier alpha value is -3.66. The molecule has 0 aliphatic rings. The predicted molar refractivity (Wildman–Crippen MR) is 408 cm³/mol. The van der Waals surface area contributed by atoms with Crippen molar-refractivity contribution < 1.29 is 43.9 Å². The number of carbonyl (C=O) groups is 2. The standard InChI is InChI=1S/C43H69NO7S2.C36H58O2S2.CH4/c1-17-49-35(46)20-19-34(38(48)50-18-2)44-25-27(45)26-51-37-32(41(9,10)11)23-29(24-33(37)42(12,13)14)53-43(15,16)52-28-21-30(39(3,4)5)36(47)31(22-28)40(6,7)8;1-16-17-18-19-38-31-28(34(8,9)10)22-25(23-29(31)35(11,12)13)40-36(14,15)39-24-20-26(32(2,3)4)30(37)27(21-24)33(5,6)7;/h21-24,27,34,44-45,47H,17-20,25-26H2,1-16H3;20-23,37H,16-19H2,1-15H3;1H4/t27?,34-;;/m0../s1. The lowest BCUT2D eigenvalue weighted by Gasteiger charge is -2.33. The Balaban J connectivity index is 0.000000658. The third-order valence-electron chi connectivity index (χ3n) is 15.7. The number of thioether (sulfide) groups is 4. The SMILES string of the molecule is C.CCCCCOc1c(C(C)(C)C)cc(SC(C)(C)Sc2cc(C(C)(C)C)c(O)c(C(C)(C)C)c2)cc1C(C)(C)C.CCOC(=O)CC[C@H](NCC(O)COc1c(C(C)(C)C)cc(SC(C)(C)Sc2cc(C(C)(C)C)c(O)c(C(C)(C)C)c2)cc1C(C)(C)C)C(=O)OCC. The van der Waals surface area contributed by atoms with Gasteiger partial charge in [0.05, 0.1) is 28.0 Å². The Morgan fingerprint density at radius 1 is 0.436 bits per heavy atom. The fourth-order valence-corrected chi connectivity index (χ4v) is 15.9. The Morgan fingerprint density at radius 2 is 0.723 bits per heavy atom. The van der Waals surface area contributed by atoms with Crippen LogP contribution in [0.1, 0.15) is 299 Å². The average molecular weight is 1380 g/mol. The summed E-state index contributed by atoms with van der Waals surface area (Å²) in [6, 6.07) is 17.1. The lowest BCUT2D eigenvalue weighted by molar-refractivity contribution is -0.147. The van der Waals surface area contributed by atoms with E-state index >= 15 is 0 Å². The van der Waals surface area contributed by atoms with Gasteiger partial charge in [0.25, 0.3) is 0 Å². The van der Waals surface area contributed by atoms with Crippen LogP contribution in [0.5, 0.6) is 23.0 Å². The second-order valence-corrected chi connectivity index (χ2v) is 41.5. The number of hydrogen-bond acceptors (Lipinski definition) is 14. The van der Waals surface area contributed by atoms with Crippen LogP contribution in [0.25, 0.3) is 0 Å². The van der Waals surface area contributed by atoms with Gasteiger partial charge in [-0.15, -0.1) is 47.0 Å². The maximum Gasteiger partial charge on any atom is 0.323 e. The van der Waals surface area contributed by atoms with Crippen molar-refractivity contribution in [3.8, 4) is 23.0 Å². The number of benzene rings is 4. The van der Waals surface area contributed by atoms with Gasteiger partial charge in [-0.1, -0.05) is 193 Å². The number of ether oxygens (including phenoxy) is 4. The minimum absolute atomic E-state index is 0. The van der Waals surface area contributed by atoms with Gasteiger partial charge >= 0.3 is 11.9 Å². The van der Waals surface area contributed by atoms with Gasteiger partial charge in [-0.25, -0.2) is 0 Å². The topological polar surface area (TPSA) is 144 Å². The third-order valence-corrected chi connectivity index (χ3v) is 20.6. The highest BCUT2D eigenvalue weighted by atomic mass is 32.2. The fraction of sp³-hybridized carbons (Fsp3) is 0.675. The summed E-state index contributed by atoms with van der Waals surface area (Å²) in [6.07, 6.45) is 2.80. The number of rotatable bonds is 25. The van der Waals surface area contributed by atoms with Crippen molar-refractivity contribution >= 4 is 59.0 Å². The van der Waals surface area contributed by atoms with Gasteiger partial charge < -0.3 is 39.6 Å². The van der Waals surface area contributed by atoms with E-state index in [1.54, 1.807) is 37.4 Å². The first-order valence-corrected chi connectivity index (χ1v) is 37.2. The molecular formula is C80H131NO9S4. The molecule has 2 atom stereocenters. The van der Waals surface area contributed by atoms with Crippen molar-refractivity contribution in [3.63, 3.8) is 0 Å². The number of esters is 2. The number of nitrogens with one attached hydrogen (secondary N) is 1. The molecule has 4 rings (SSSR count). The molecule has 0 saturated heterocycles. The lowest BCUT2D eigenvalue weighted by Crippen LogP contribution is -2.43. The molecule has 10 nitrogen and oxygen atoms in total. The van der Waals surface area contributed by atoms with Crippen LogP contribution in [0.15, 0.2) is 68.1 Å². The fourth-order valence-electron chi connectivity index (χ4n) is 10.7. The summed E-state index contributed by atoms with van der Waals surface area (Å²) in [4.78, 5) is 29.3. The van der Waals surface area contributed by atoms with Gasteiger partial charge in [0, 0.05) is 77.1 Å². The van der Waals surface area contributed by atoms with Gasteiger partial charge in [0.2, 0.25) is 0 Å². The summed E-state index contributed by atoms with van der Waals surface area (Å²) in [5.41, 5.74) is 7.26. The Kier molecular flexibility index (Phi) is 31.2. The quantitative estimate of drug-likeness (QED) is 0.0216. The van der Waals surface area contributed by atoms with Crippen LogP contribution in [0, 0.1) is 0 Å². The van der Waals surface area contributed by atoms with Crippen LogP contribution in [-0.4, -0.2) is 80.5 Å². The van der Waals surface area contributed by atoms with Gasteiger partial charge in [0.15, 0.2) is 0 Å². The second kappa shape index (κ2) is 33.9. The predicted octanol–water partition coefficient (Wildman–Crippen LogP) is 22.2. The number of carbonyl (C=O) groups excluding carboxylic acids is 2. The summed E-state index contributed by atoms with van der Waals surface area (Å²) < 4.78 is 22.9. The monoisotopic (exact) mass is 1380 g/mol. The summed E-state index contributed by atoms with van der Waals surface area (Å²) >= 11 is 7.40. The molecule has 0 heterocycles. The van der Waals surface area contributed by atoms with Crippen LogP contribution in [-0.2, 0) is 62.4 Å². The molecule has 4 N–H and O–H groups in total. The van der Waals surface area contributed by atoms with E-state index in [1.807, 2.05) is 23.5 Å². The number of aliphatic hydroxyl groups excluding tert-OH is 1. The van der Waals surface area contributed by atoms with Crippen molar-refractivity contribution in [2.24, 2.45) is 0 Å². The van der Waals surface area contributed by atoms with E-state index in [1.165, 1.54) is 33.8 Å². The van der Waals surface area contributed by atoms with Crippen molar-refractivity contribution in [3.05, 3.63) is 93.0 Å². The number of aliphatic hydroxyl groups is 1. The highest BCUT2D eigenvalue weighted by molar-refractivity contribution is 8.18. The molecule has 0 aliphatic heterocycles. The van der Waals surface area contributed by atoms with E-state index in [0.717, 1.165) is 67.7 Å². The average Bonchev–Trinajstić information content (AvgIpc) is 0.791. The number of unbranched alkanes of at least 4 members (excludes halogenated alkanes) is 2. The molecule has 94 heavy (non-hydrogen) atoms.